The van der Waals surface area contributed by atoms with Crippen molar-refractivity contribution in [2.45, 2.75) is 39.4 Å². The normalized spacial score (nSPS) is 18.5. The lowest BCUT2D eigenvalue weighted by atomic mass is 9.99. The molecule has 1 aliphatic rings. The molecule has 0 bridgehead atoms. The first-order chi connectivity index (χ1) is 8.76. The van der Waals surface area contributed by atoms with Gasteiger partial charge in [-0.3, -0.25) is 19.2 Å². The Morgan fingerprint density at radius 3 is 2.16 bits per heavy atom. The monoisotopic (exact) mass is 272 g/mol. The van der Waals surface area contributed by atoms with Crippen LogP contribution in [0.5, 0.6) is 0 Å². The van der Waals surface area contributed by atoms with E-state index in [4.69, 9.17) is 9.47 Å². The third-order valence-electron chi connectivity index (χ3n) is 2.37. The third-order valence-corrected chi connectivity index (χ3v) is 2.37. The second kappa shape index (κ2) is 5.81. The van der Waals surface area contributed by atoms with Gasteiger partial charge in [-0.05, 0) is 6.92 Å². The predicted molar refractivity (Wildman–Crippen MR) is 60.6 cm³/mol. The molecule has 1 saturated heterocycles. The zero-order valence-corrected chi connectivity index (χ0v) is 11.1. The number of Topliss-reactive ketones (excluding diaryl/α,β-unsaturated/α-hetero) is 1. The van der Waals surface area contributed by atoms with Gasteiger partial charge in [-0.1, -0.05) is 0 Å². The van der Waals surface area contributed by atoms with Crippen LogP contribution in [0, 0.1) is 5.92 Å². The number of cyclic esters (lactones) is 2. The van der Waals surface area contributed by atoms with E-state index in [0.717, 1.165) is 0 Å². The van der Waals surface area contributed by atoms with E-state index in [2.05, 4.69) is 4.74 Å². The van der Waals surface area contributed by atoms with E-state index in [1.807, 2.05) is 0 Å². The fourth-order valence-corrected chi connectivity index (χ4v) is 1.59. The first-order valence-corrected chi connectivity index (χ1v) is 5.91. The van der Waals surface area contributed by atoms with Crippen molar-refractivity contribution in [2.75, 3.05) is 6.61 Å². The number of esters is 3. The molecule has 0 amide bonds. The number of ether oxygens (including phenoxy) is 3. The van der Waals surface area contributed by atoms with E-state index in [1.165, 1.54) is 13.8 Å². The molecule has 1 rings (SSSR count). The zero-order valence-electron chi connectivity index (χ0n) is 11.1. The topological polar surface area (TPSA) is 96.0 Å². The first-order valence-electron chi connectivity index (χ1n) is 5.91. The lowest BCUT2D eigenvalue weighted by molar-refractivity contribution is -0.238. The van der Waals surface area contributed by atoms with Gasteiger partial charge in [0, 0.05) is 20.3 Å². The number of hydrogen-bond donors (Lipinski definition) is 0. The van der Waals surface area contributed by atoms with Crippen molar-refractivity contribution in [1.82, 2.24) is 0 Å². The van der Waals surface area contributed by atoms with Gasteiger partial charge >= 0.3 is 17.9 Å². The predicted octanol–water partition coefficient (Wildman–Crippen LogP) is 0.351. The van der Waals surface area contributed by atoms with Gasteiger partial charge in [-0.2, -0.15) is 0 Å². The molecule has 0 aromatic rings. The maximum absolute atomic E-state index is 11.7. The number of hydrogen-bond acceptors (Lipinski definition) is 7. The Hall–Kier alpha value is -1.92. The summed E-state index contributed by atoms with van der Waals surface area (Å²) in [7, 11) is 0. The average Bonchev–Trinajstić information content (AvgIpc) is 2.23. The van der Waals surface area contributed by atoms with Crippen LogP contribution >= 0.6 is 0 Å². The van der Waals surface area contributed by atoms with Gasteiger partial charge in [-0.15, -0.1) is 0 Å². The van der Waals surface area contributed by atoms with Gasteiger partial charge in [0.05, 0.1) is 13.0 Å². The summed E-state index contributed by atoms with van der Waals surface area (Å²) >= 11 is 0. The van der Waals surface area contributed by atoms with Crippen LogP contribution in [-0.2, 0) is 33.4 Å². The third kappa shape index (κ3) is 4.04. The van der Waals surface area contributed by atoms with Crippen molar-refractivity contribution in [2.24, 2.45) is 5.92 Å². The highest BCUT2D eigenvalue weighted by Crippen LogP contribution is 2.24. The van der Waals surface area contributed by atoms with Crippen LogP contribution in [-0.4, -0.2) is 36.1 Å². The summed E-state index contributed by atoms with van der Waals surface area (Å²) in [5.41, 5.74) is 0. The molecular weight excluding hydrogens is 256 g/mol. The Kier molecular flexibility index (Phi) is 4.63. The van der Waals surface area contributed by atoms with E-state index in [-0.39, 0.29) is 19.4 Å². The SMILES string of the molecule is CCOC(=O)CCC(=O)C1C(=O)OC(C)(C)OC1=O. The van der Waals surface area contributed by atoms with Gasteiger partial charge in [-0.25, -0.2) is 0 Å². The minimum atomic E-state index is -1.61. The molecule has 1 heterocycles. The molecule has 1 fully saturated rings. The number of ketones is 1. The van der Waals surface area contributed by atoms with Crippen LogP contribution in [0.3, 0.4) is 0 Å². The molecule has 0 aliphatic carbocycles. The lowest BCUT2D eigenvalue weighted by Crippen LogP contribution is -2.49. The van der Waals surface area contributed by atoms with Crippen LogP contribution < -0.4 is 0 Å². The highest BCUT2D eigenvalue weighted by atomic mass is 16.7. The van der Waals surface area contributed by atoms with Crippen LogP contribution in [0.25, 0.3) is 0 Å². The molecule has 0 unspecified atom stereocenters. The molecule has 0 aromatic heterocycles. The van der Waals surface area contributed by atoms with E-state index in [9.17, 15) is 19.2 Å². The fraction of sp³-hybridized carbons (Fsp3) is 0.667. The Morgan fingerprint density at radius 1 is 1.16 bits per heavy atom. The van der Waals surface area contributed by atoms with Crippen molar-refractivity contribution in [3.8, 4) is 0 Å². The minimum absolute atomic E-state index is 0.187. The summed E-state index contributed by atoms with van der Waals surface area (Å²) in [6, 6.07) is 0. The molecule has 0 aromatic carbocycles. The van der Waals surface area contributed by atoms with Gasteiger partial charge in [0.25, 0.3) is 5.79 Å². The molecule has 0 radical (unpaired) electrons. The quantitative estimate of drug-likeness (QED) is 0.526. The van der Waals surface area contributed by atoms with Crippen molar-refractivity contribution >= 4 is 23.7 Å². The van der Waals surface area contributed by atoms with Crippen LogP contribution in [0.2, 0.25) is 0 Å². The molecule has 19 heavy (non-hydrogen) atoms. The maximum Gasteiger partial charge on any atom is 0.331 e. The molecule has 0 saturated carbocycles. The summed E-state index contributed by atoms with van der Waals surface area (Å²) in [5.74, 6) is -6.15. The highest BCUT2D eigenvalue weighted by molar-refractivity contribution is 6.16. The largest absolute Gasteiger partial charge is 0.466 e. The van der Waals surface area contributed by atoms with E-state index in [0.29, 0.717) is 0 Å². The van der Waals surface area contributed by atoms with Crippen LogP contribution in [0.1, 0.15) is 33.6 Å². The number of rotatable bonds is 5. The lowest BCUT2D eigenvalue weighted by Gasteiger charge is -2.32. The molecule has 7 heteroatoms. The minimum Gasteiger partial charge on any atom is -0.466 e. The molecule has 0 atom stereocenters. The fourth-order valence-electron chi connectivity index (χ4n) is 1.59. The van der Waals surface area contributed by atoms with Gasteiger partial charge < -0.3 is 14.2 Å². The Labute approximate surface area is 110 Å². The van der Waals surface area contributed by atoms with Gasteiger partial charge in [0.1, 0.15) is 0 Å². The molecule has 106 valence electrons. The van der Waals surface area contributed by atoms with Crippen LogP contribution in [0.4, 0.5) is 0 Å². The number of carbonyl (C=O) groups is 4. The Bertz CT molecular complexity index is 390. The molecule has 1 aliphatic heterocycles. The van der Waals surface area contributed by atoms with Crippen molar-refractivity contribution in [3.63, 3.8) is 0 Å². The van der Waals surface area contributed by atoms with E-state index < -0.39 is 35.4 Å². The summed E-state index contributed by atoms with van der Waals surface area (Å²) in [5, 5.41) is 0. The summed E-state index contributed by atoms with van der Waals surface area (Å²) < 4.78 is 14.3. The zero-order chi connectivity index (χ0) is 14.6. The van der Waals surface area contributed by atoms with Crippen molar-refractivity contribution in [1.29, 1.82) is 0 Å². The average molecular weight is 272 g/mol. The maximum atomic E-state index is 11.7. The summed E-state index contributed by atoms with van der Waals surface area (Å²) in [6.07, 6.45) is -0.457. The van der Waals surface area contributed by atoms with Crippen molar-refractivity contribution in [3.05, 3.63) is 0 Å². The molecule has 7 nitrogen and oxygen atoms in total. The molecular formula is C12H16O7. The summed E-state index contributed by atoms with van der Waals surface area (Å²) in [4.78, 5) is 46.0. The van der Waals surface area contributed by atoms with E-state index in [1.54, 1.807) is 6.92 Å². The van der Waals surface area contributed by atoms with Crippen molar-refractivity contribution < 1.29 is 33.4 Å². The second-order valence-corrected chi connectivity index (χ2v) is 4.45. The summed E-state index contributed by atoms with van der Waals surface area (Å²) in [6.45, 7) is 4.62. The van der Waals surface area contributed by atoms with Crippen LogP contribution in [0.15, 0.2) is 0 Å². The van der Waals surface area contributed by atoms with Gasteiger partial charge in [0.2, 0.25) is 5.92 Å². The Balaban J connectivity index is 2.60. The standard InChI is InChI=1S/C12H16O7/c1-4-17-8(14)6-5-7(13)9-10(15)18-12(2,3)19-11(9)16/h9H,4-6H2,1-3H3. The number of carbonyl (C=O) groups excluding carboxylic acids is 4. The molecule has 0 N–H and O–H groups in total. The van der Waals surface area contributed by atoms with Gasteiger partial charge in [0.15, 0.2) is 5.78 Å². The Morgan fingerprint density at radius 2 is 1.68 bits per heavy atom. The van der Waals surface area contributed by atoms with E-state index >= 15 is 0 Å². The smallest absolute Gasteiger partial charge is 0.331 e. The molecule has 0 spiro atoms. The second-order valence-electron chi connectivity index (χ2n) is 4.45. The highest BCUT2D eigenvalue weighted by Gasteiger charge is 2.46. The first kappa shape index (κ1) is 15.1.